The first-order chi connectivity index (χ1) is 9.03. The zero-order valence-electron chi connectivity index (χ0n) is 9.89. The Kier molecular flexibility index (Phi) is 6.68. The second-order valence-electron chi connectivity index (χ2n) is 3.92. The van der Waals surface area contributed by atoms with E-state index in [0.29, 0.717) is 0 Å². The van der Waals surface area contributed by atoms with Crippen molar-refractivity contribution in [1.82, 2.24) is 0 Å². The number of benzene rings is 2. The molecule has 0 fully saturated rings. The topological polar surface area (TPSA) is 71.4 Å². The molecule has 6 heteroatoms. The molecule has 0 aliphatic heterocycles. The summed E-state index contributed by atoms with van der Waals surface area (Å²) in [6, 6.07) is 15.3. The van der Waals surface area contributed by atoms with Crippen molar-refractivity contribution in [2.45, 2.75) is 0 Å². The van der Waals surface area contributed by atoms with Crippen LogP contribution in [-0.2, 0) is 4.57 Å². The van der Waals surface area contributed by atoms with E-state index in [9.17, 15) is 19.0 Å². The van der Waals surface area contributed by atoms with Gasteiger partial charge >= 0.3 is 58.8 Å². The number of carbonyl (C=O) groups excluding carboxylic acids is 2. The van der Waals surface area contributed by atoms with Gasteiger partial charge in [0.15, 0.2) is 0 Å². The van der Waals surface area contributed by atoms with Crippen LogP contribution in [-0.4, -0.2) is 67.3 Å². The summed E-state index contributed by atoms with van der Waals surface area (Å²) in [5.74, 6) is 0. The predicted octanol–water partition coefficient (Wildman–Crippen LogP) is 2.29. The fourth-order valence-corrected chi connectivity index (χ4v) is 2.79. The van der Waals surface area contributed by atoms with Crippen LogP contribution < -0.4 is 0 Å². The van der Waals surface area contributed by atoms with Crippen molar-refractivity contribution in [3.8, 4) is 0 Å². The molecule has 0 aliphatic rings. The number of hydrogen-bond donors (Lipinski definition) is 1. The summed E-state index contributed by atoms with van der Waals surface area (Å²) in [5.41, 5.74) is -1.97. The van der Waals surface area contributed by atoms with Crippen LogP contribution in [0.15, 0.2) is 60.7 Å². The third-order valence-electron chi connectivity index (χ3n) is 2.59. The summed E-state index contributed by atoms with van der Waals surface area (Å²) in [7, 11) is -4.60. The summed E-state index contributed by atoms with van der Waals surface area (Å²) in [6.07, 6.45) is 0. The van der Waals surface area contributed by atoms with E-state index in [1.165, 1.54) is 24.3 Å². The molecule has 2 aromatic carbocycles. The first-order valence-corrected chi connectivity index (χ1v) is 7.22. The van der Waals surface area contributed by atoms with Gasteiger partial charge < -0.3 is 4.89 Å². The van der Waals surface area contributed by atoms with Crippen molar-refractivity contribution in [3.05, 3.63) is 71.8 Å². The first-order valence-electron chi connectivity index (χ1n) is 5.56. The average Bonchev–Trinajstić information content (AvgIpc) is 2.47. The maximum absolute atomic E-state index is 12.1. The molecule has 2 rings (SSSR count). The van der Waals surface area contributed by atoms with Crippen molar-refractivity contribution in [1.29, 1.82) is 0 Å². The molecule has 4 nitrogen and oxygen atoms in total. The summed E-state index contributed by atoms with van der Waals surface area (Å²) < 4.78 is 12.1. The molecule has 0 amide bonds. The molecule has 0 saturated heterocycles. The normalized spacial score (nSPS) is 10.4. The fourth-order valence-electron chi connectivity index (χ4n) is 1.60. The molecule has 0 radical (unpaired) electrons. The van der Waals surface area contributed by atoms with Crippen LogP contribution in [0.25, 0.3) is 0 Å². The van der Waals surface area contributed by atoms with Crippen molar-refractivity contribution in [2.24, 2.45) is 0 Å². The van der Waals surface area contributed by atoms with Crippen molar-refractivity contribution in [3.63, 3.8) is 0 Å². The van der Waals surface area contributed by atoms with E-state index in [1.807, 2.05) is 0 Å². The molecule has 98 valence electrons. The van der Waals surface area contributed by atoms with Crippen molar-refractivity contribution >= 4 is 69.8 Å². The molecule has 0 atom stereocenters. The van der Waals surface area contributed by atoms with Gasteiger partial charge in [0.2, 0.25) is 0 Å². The van der Waals surface area contributed by atoms with E-state index in [1.54, 1.807) is 36.4 Å². The van der Waals surface area contributed by atoms with Crippen LogP contribution >= 0.6 is 7.37 Å². The number of carbonyl (C=O) groups is 2. The Morgan fingerprint density at radius 3 is 1.35 bits per heavy atom. The standard InChI is InChI=1S/C14H11O4P.K.H/c15-13(11-7-3-1-4-8-11)19(17,18)14(16)12-9-5-2-6-10-12;;/h1-10H,(H,17,18);;. The summed E-state index contributed by atoms with van der Waals surface area (Å²) in [6.45, 7) is 0. The Morgan fingerprint density at radius 1 is 0.750 bits per heavy atom. The van der Waals surface area contributed by atoms with E-state index in [-0.39, 0.29) is 62.5 Å². The third kappa shape index (κ3) is 3.83. The first kappa shape index (κ1) is 17.7. The van der Waals surface area contributed by atoms with E-state index < -0.39 is 18.4 Å². The fraction of sp³-hybridized carbons (Fsp3) is 0. The van der Waals surface area contributed by atoms with Crippen molar-refractivity contribution in [2.75, 3.05) is 0 Å². The molecule has 2 aromatic rings. The Labute approximate surface area is 159 Å². The molecule has 0 aliphatic carbocycles. The van der Waals surface area contributed by atoms with E-state index in [4.69, 9.17) is 0 Å². The molecule has 0 saturated carbocycles. The minimum atomic E-state index is -4.60. The Balaban J connectivity index is 0.00000200. The Bertz CT molecular complexity index is 600. The number of hydrogen-bond acceptors (Lipinski definition) is 3. The van der Waals surface area contributed by atoms with Crippen LogP contribution in [0.4, 0.5) is 0 Å². The van der Waals surface area contributed by atoms with Crippen LogP contribution in [0.2, 0.25) is 0 Å². The summed E-state index contributed by atoms with van der Waals surface area (Å²) >= 11 is 0. The average molecular weight is 314 g/mol. The van der Waals surface area contributed by atoms with Gasteiger partial charge in [-0.05, 0) is 0 Å². The Morgan fingerprint density at radius 2 is 1.05 bits per heavy atom. The molecule has 0 spiro atoms. The van der Waals surface area contributed by atoms with Crippen LogP contribution in [0.3, 0.4) is 0 Å². The van der Waals surface area contributed by atoms with Gasteiger partial charge in [0.05, 0.1) is 0 Å². The maximum atomic E-state index is 12.1. The van der Waals surface area contributed by atoms with Crippen LogP contribution in [0, 0.1) is 0 Å². The van der Waals surface area contributed by atoms with Crippen LogP contribution in [0.1, 0.15) is 20.7 Å². The Hall–Kier alpha value is -0.394. The molecule has 1 N–H and O–H groups in total. The minimum absolute atomic E-state index is 0. The zero-order valence-corrected chi connectivity index (χ0v) is 10.8. The van der Waals surface area contributed by atoms with Gasteiger partial charge in [-0.1, -0.05) is 60.7 Å². The monoisotopic (exact) mass is 314 g/mol. The van der Waals surface area contributed by atoms with Gasteiger partial charge in [-0.25, -0.2) is 0 Å². The second kappa shape index (κ2) is 7.57. The van der Waals surface area contributed by atoms with E-state index in [0.717, 1.165) is 0 Å². The van der Waals surface area contributed by atoms with Crippen LogP contribution in [0.5, 0.6) is 0 Å². The summed E-state index contributed by atoms with van der Waals surface area (Å²) in [5, 5.41) is 0. The molecule has 20 heavy (non-hydrogen) atoms. The van der Waals surface area contributed by atoms with Gasteiger partial charge in [0, 0.05) is 11.1 Å². The van der Waals surface area contributed by atoms with E-state index in [2.05, 4.69) is 0 Å². The van der Waals surface area contributed by atoms with E-state index >= 15 is 0 Å². The SMILES string of the molecule is O=C(c1ccccc1)P(=O)(O)C(=O)c1ccccc1.[KH]. The molecule has 0 heterocycles. The zero-order chi connectivity index (χ0) is 13.9. The van der Waals surface area contributed by atoms with Gasteiger partial charge in [0.25, 0.3) is 11.0 Å². The predicted molar refractivity (Wildman–Crippen MR) is 78.5 cm³/mol. The van der Waals surface area contributed by atoms with Gasteiger partial charge in [0.1, 0.15) is 0 Å². The van der Waals surface area contributed by atoms with Gasteiger partial charge in [-0.3, -0.25) is 14.2 Å². The number of rotatable bonds is 4. The summed E-state index contributed by atoms with van der Waals surface area (Å²) in [4.78, 5) is 33.7. The second-order valence-corrected chi connectivity index (χ2v) is 5.88. The third-order valence-corrected chi connectivity index (χ3v) is 4.21. The molecule has 0 unspecified atom stereocenters. The quantitative estimate of drug-likeness (QED) is 0.694. The molecular weight excluding hydrogens is 302 g/mol. The molecule has 0 bridgehead atoms. The van der Waals surface area contributed by atoms with Gasteiger partial charge in [-0.15, -0.1) is 0 Å². The molecular formula is C14H12KO4P. The molecule has 0 aromatic heterocycles. The van der Waals surface area contributed by atoms with Gasteiger partial charge in [-0.2, -0.15) is 0 Å². The van der Waals surface area contributed by atoms with Crippen molar-refractivity contribution < 1.29 is 19.0 Å².